The van der Waals surface area contributed by atoms with Crippen molar-refractivity contribution in [2.45, 2.75) is 24.7 Å². The van der Waals surface area contributed by atoms with Crippen LogP contribution in [0.25, 0.3) is 44.5 Å². The number of hydrogen-bond acceptors (Lipinski definition) is 0. The molecule has 0 aromatic heterocycles. The smallest absolute Gasteiger partial charge is 0.0619 e. The van der Waals surface area contributed by atoms with E-state index in [4.69, 9.17) is 0 Å². The topological polar surface area (TPSA) is 0 Å². The molecule has 4 aliphatic carbocycles. The standard InChI is InChI=1S/2C25H16.C8H10/c2*1-5-13-21-17(9-1)18-10-2-6-14-22(18)25(21)23-15-7-3-11-19(23)20-12-4-8-16-24(20)25;1-7-3-5-8(2)6-4-7/h2*1-16H;3-6H,1-2H3. The summed E-state index contributed by atoms with van der Waals surface area (Å²) in [4.78, 5) is 0. The Kier molecular flexibility index (Phi) is 7.85. The molecule has 0 atom stereocenters. The molecule has 9 aromatic carbocycles. The predicted molar refractivity (Wildman–Crippen MR) is 241 cm³/mol. The molecule has 0 aliphatic heterocycles. The van der Waals surface area contributed by atoms with Crippen molar-refractivity contribution in [1.29, 1.82) is 0 Å². The molecular weight excluding hydrogens is 697 g/mol. The van der Waals surface area contributed by atoms with Crippen LogP contribution >= 0.6 is 0 Å². The van der Waals surface area contributed by atoms with Crippen molar-refractivity contribution in [2.24, 2.45) is 0 Å². The molecule has 2 spiro atoms. The third-order valence-corrected chi connectivity index (χ3v) is 13.0. The zero-order valence-corrected chi connectivity index (χ0v) is 32.8. The van der Waals surface area contributed by atoms with Crippen LogP contribution in [0.5, 0.6) is 0 Å². The Hall–Kier alpha value is -7.02. The quantitative estimate of drug-likeness (QED) is 0.145. The Labute approximate surface area is 341 Å². The van der Waals surface area contributed by atoms with Crippen LogP contribution in [-0.2, 0) is 10.8 Å². The summed E-state index contributed by atoms with van der Waals surface area (Å²) in [5, 5.41) is 0. The van der Waals surface area contributed by atoms with E-state index < -0.39 is 0 Å². The summed E-state index contributed by atoms with van der Waals surface area (Å²) in [6.45, 7) is 4.19. The number of hydrogen-bond donors (Lipinski definition) is 0. The van der Waals surface area contributed by atoms with Crippen LogP contribution in [0.3, 0.4) is 0 Å². The molecule has 4 aliphatic rings. The highest BCUT2D eigenvalue weighted by atomic mass is 14.5. The average Bonchev–Trinajstić information content (AvgIpc) is 3.97. The van der Waals surface area contributed by atoms with Crippen molar-refractivity contribution < 1.29 is 0 Å². The number of rotatable bonds is 0. The Morgan fingerprint density at radius 3 is 0.483 bits per heavy atom. The lowest BCUT2D eigenvalue weighted by Gasteiger charge is -2.30. The third-order valence-electron chi connectivity index (χ3n) is 13.0. The first-order chi connectivity index (χ1) is 28.6. The van der Waals surface area contributed by atoms with Crippen molar-refractivity contribution in [3.63, 3.8) is 0 Å². The van der Waals surface area contributed by atoms with E-state index in [2.05, 4.69) is 232 Å². The van der Waals surface area contributed by atoms with Gasteiger partial charge in [-0.25, -0.2) is 0 Å². The maximum absolute atomic E-state index is 2.31. The lowest BCUT2D eigenvalue weighted by Crippen LogP contribution is -2.25. The average molecular weight is 739 g/mol. The summed E-state index contributed by atoms with van der Waals surface area (Å²) >= 11 is 0. The van der Waals surface area contributed by atoms with Gasteiger partial charge < -0.3 is 0 Å². The predicted octanol–water partition coefficient (Wildman–Crippen LogP) is 14.4. The van der Waals surface area contributed by atoms with E-state index in [0.29, 0.717) is 0 Å². The van der Waals surface area contributed by atoms with Gasteiger partial charge in [-0.2, -0.15) is 0 Å². The van der Waals surface area contributed by atoms with E-state index in [0.717, 1.165) is 0 Å². The van der Waals surface area contributed by atoms with Gasteiger partial charge >= 0.3 is 0 Å². The Balaban J connectivity index is 0.000000112. The summed E-state index contributed by atoms with van der Waals surface area (Å²) in [5.74, 6) is 0. The largest absolute Gasteiger partial charge is 0.0725 e. The van der Waals surface area contributed by atoms with Crippen LogP contribution < -0.4 is 0 Å². The molecular formula is C58H42. The van der Waals surface area contributed by atoms with Gasteiger partial charge in [-0.1, -0.05) is 230 Å². The fourth-order valence-corrected chi connectivity index (χ4v) is 10.7. The lowest BCUT2D eigenvalue weighted by molar-refractivity contribution is 0.794. The Morgan fingerprint density at radius 1 is 0.190 bits per heavy atom. The van der Waals surface area contributed by atoms with E-state index in [1.54, 1.807) is 0 Å². The Morgan fingerprint density at radius 2 is 0.328 bits per heavy atom. The van der Waals surface area contributed by atoms with Gasteiger partial charge in [0.15, 0.2) is 0 Å². The zero-order valence-electron chi connectivity index (χ0n) is 32.8. The molecule has 0 N–H and O–H groups in total. The molecule has 9 aromatic rings. The number of benzene rings is 9. The minimum Gasteiger partial charge on any atom is -0.0619 e. The fourth-order valence-electron chi connectivity index (χ4n) is 10.7. The first-order valence-electron chi connectivity index (χ1n) is 20.4. The third kappa shape index (κ3) is 4.69. The van der Waals surface area contributed by atoms with Crippen molar-refractivity contribution in [3.05, 3.63) is 274 Å². The molecule has 58 heavy (non-hydrogen) atoms. The molecule has 0 radical (unpaired) electrons. The molecule has 0 nitrogen and oxygen atoms in total. The normalized spacial score (nSPS) is 14.0. The van der Waals surface area contributed by atoms with Gasteiger partial charge in [0.1, 0.15) is 0 Å². The van der Waals surface area contributed by atoms with Gasteiger partial charge in [0.2, 0.25) is 0 Å². The summed E-state index contributed by atoms with van der Waals surface area (Å²) in [6, 6.07) is 79.8. The second-order valence-corrected chi connectivity index (χ2v) is 16.0. The van der Waals surface area contributed by atoms with E-state index in [1.165, 1.54) is 100 Å². The molecule has 0 bridgehead atoms. The zero-order chi connectivity index (χ0) is 38.8. The highest BCUT2D eigenvalue weighted by Gasteiger charge is 2.52. The summed E-state index contributed by atoms with van der Waals surface area (Å²) in [6.07, 6.45) is 0. The highest BCUT2D eigenvalue weighted by molar-refractivity contribution is 5.96. The van der Waals surface area contributed by atoms with Crippen LogP contribution in [0.1, 0.15) is 55.6 Å². The molecule has 0 heterocycles. The molecule has 0 unspecified atom stereocenters. The summed E-state index contributed by atoms with van der Waals surface area (Å²) in [7, 11) is 0. The Bertz CT molecular complexity index is 2450. The van der Waals surface area contributed by atoms with Crippen molar-refractivity contribution in [1.82, 2.24) is 0 Å². The van der Waals surface area contributed by atoms with Crippen LogP contribution in [0, 0.1) is 13.8 Å². The van der Waals surface area contributed by atoms with Gasteiger partial charge in [0.25, 0.3) is 0 Å². The maximum Gasteiger partial charge on any atom is 0.0725 e. The van der Waals surface area contributed by atoms with E-state index >= 15 is 0 Å². The van der Waals surface area contributed by atoms with Gasteiger partial charge in [0.05, 0.1) is 10.8 Å². The molecule has 274 valence electrons. The van der Waals surface area contributed by atoms with Gasteiger partial charge in [-0.15, -0.1) is 0 Å². The molecule has 0 amide bonds. The van der Waals surface area contributed by atoms with Gasteiger partial charge in [-0.05, 0) is 103 Å². The van der Waals surface area contributed by atoms with Crippen molar-refractivity contribution in [3.8, 4) is 44.5 Å². The fraction of sp³-hybridized carbons (Fsp3) is 0.0690. The molecule has 0 fully saturated rings. The second-order valence-electron chi connectivity index (χ2n) is 16.0. The number of aryl methyl sites for hydroxylation is 2. The van der Waals surface area contributed by atoms with Crippen LogP contribution in [0.15, 0.2) is 218 Å². The minimum atomic E-state index is -0.180. The van der Waals surface area contributed by atoms with Crippen LogP contribution in [0.4, 0.5) is 0 Å². The van der Waals surface area contributed by atoms with E-state index in [-0.39, 0.29) is 10.8 Å². The van der Waals surface area contributed by atoms with Crippen LogP contribution in [0.2, 0.25) is 0 Å². The molecule has 0 saturated carbocycles. The van der Waals surface area contributed by atoms with Gasteiger partial charge in [-0.3, -0.25) is 0 Å². The first-order valence-corrected chi connectivity index (χ1v) is 20.4. The maximum atomic E-state index is 2.31. The molecule has 0 saturated heterocycles. The SMILES string of the molecule is Cc1ccc(C)cc1.c1ccc2c(c1)-c1ccccc1C21c2ccccc2-c2ccccc21.c1ccc2c(c1)-c1ccccc1C21c2ccccc2-c2ccccc21. The van der Waals surface area contributed by atoms with Crippen molar-refractivity contribution in [2.75, 3.05) is 0 Å². The highest BCUT2D eigenvalue weighted by Crippen LogP contribution is 2.64. The summed E-state index contributed by atoms with van der Waals surface area (Å²) in [5.41, 5.74) is 24.5. The van der Waals surface area contributed by atoms with E-state index in [1.807, 2.05) is 0 Å². The van der Waals surface area contributed by atoms with E-state index in [9.17, 15) is 0 Å². The minimum absolute atomic E-state index is 0.180. The first kappa shape index (κ1) is 34.2. The number of fused-ring (bicyclic) bond motifs is 20. The lowest BCUT2D eigenvalue weighted by atomic mass is 9.70. The van der Waals surface area contributed by atoms with Crippen LogP contribution in [-0.4, -0.2) is 0 Å². The van der Waals surface area contributed by atoms with Gasteiger partial charge in [0, 0.05) is 0 Å². The second kappa shape index (κ2) is 13.3. The monoisotopic (exact) mass is 738 g/mol. The summed E-state index contributed by atoms with van der Waals surface area (Å²) < 4.78 is 0. The molecule has 13 rings (SSSR count). The van der Waals surface area contributed by atoms with Crippen molar-refractivity contribution >= 4 is 0 Å². The molecule has 0 heteroatoms.